The van der Waals surface area contributed by atoms with Gasteiger partial charge in [-0.05, 0) is 12.1 Å². The van der Waals surface area contributed by atoms with E-state index >= 15 is 0 Å². The second-order valence-corrected chi connectivity index (χ2v) is 4.46. The van der Waals surface area contributed by atoms with Gasteiger partial charge in [-0.15, -0.1) is 0 Å². The van der Waals surface area contributed by atoms with Gasteiger partial charge in [0.25, 0.3) is 0 Å². The fraction of sp³-hybridized carbons (Fsp3) is 0.308. The zero-order chi connectivity index (χ0) is 13.3. The summed E-state index contributed by atoms with van der Waals surface area (Å²) in [5.41, 5.74) is 0.702. The Hall–Kier alpha value is -1.68. The first-order chi connectivity index (χ1) is 8.58. The first-order valence-electron chi connectivity index (χ1n) is 5.47. The largest absolute Gasteiger partial charge is 0.496 e. The van der Waals surface area contributed by atoms with Gasteiger partial charge < -0.3 is 14.4 Å². The lowest BCUT2D eigenvalue weighted by Crippen LogP contribution is -2.10. The van der Waals surface area contributed by atoms with Crippen LogP contribution in [0.25, 0.3) is 10.9 Å². The first-order valence-corrected chi connectivity index (χ1v) is 5.84. The molecule has 2 rings (SSSR count). The Morgan fingerprint density at radius 1 is 1.11 bits per heavy atom. The Kier molecular flexibility index (Phi) is 3.48. The molecule has 0 spiro atoms. The highest BCUT2D eigenvalue weighted by atomic mass is 35.5. The standard InChI is InChI=1S/C13H15ClN2O2/c1-16(2)11-7-8(14)12-9(17-3)5-6-10(18-4)13(12)15-11/h5-7H,1-4H3. The Bertz CT molecular complexity index is 585. The molecule has 0 N–H and O–H groups in total. The highest BCUT2D eigenvalue weighted by Crippen LogP contribution is 2.38. The van der Waals surface area contributed by atoms with Crippen molar-refractivity contribution in [2.45, 2.75) is 0 Å². The van der Waals surface area contributed by atoms with Crippen molar-refractivity contribution in [1.29, 1.82) is 0 Å². The van der Waals surface area contributed by atoms with E-state index in [2.05, 4.69) is 4.98 Å². The number of anilines is 1. The summed E-state index contributed by atoms with van der Waals surface area (Å²) in [5.74, 6) is 2.14. The third kappa shape index (κ3) is 2.04. The summed E-state index contributed by atoms with van der Waals surface area (Å²) in [6, 6.07) is 5.46. The van der Waals surface area contributed by atoms with Gasteiger partial charge in [0.15, 0.2) is 0 Å². The maximum atomic E-state index is 6.32. The number of fused-ring (bicyclic) bond motifs is 1. The molecule has 0 fully saturated rings. The Balaban J connectivity index is 2.84. The van der Waals surface area contributed by atoms with Gasteiger partial charge in [0.05, 0.1) is 24.6 Å². The zero-order valence-corrected chi connectivity index (χ0v) is 11.6. The molecule has 1 aromatic carbocycles. The summed E-state index contributed by atoms with van der Waals surface area (Å²) in [6.45, 7) is 0. The minimum absolute atomic E-state index is 0.597. The van der Waals surface area contributed by atoms with Crippen LogP contribution >= 0.6 is 11.6 Å². The molecule has 1 heterocycles. The number of aromatic nitrogens is 1. The van der Waals surface area contributed by atoms with Gasteiger partial charge in [0, 0.05) is 20.2 Å². The lowest BCUT2D eigenvalue weighted by Gasteiger charge is -2.15. The second-order valence-electron chi connectivity index (χ2n) is 4.05. The van der Waals surface area contributed by atoms with Crippen molar-refractivity contribution in [2.75, 3.05) is 33.2 Å². The average molecular weight is 267 g/mol. The van der Waals surface area contributed by atoms with Crippen LogP contribution in [0.1, 0.15) is 0 Å². The summed E-state index contributed by atoms with van der Waals surface area (Å²) in [7, 11) is 7.05. The second kappa shape index (κ2) is 4.90. The highest BCUT2D eigenvalue weighted by molar-refractivity contribution is 6.36. The third-order valence-corrected chi connectivity index (χ3v) is 3.02. The van der Waals surface area contributed by atoms with Crippen LogP contribution in [0.2, 0.25) is 5.02 Å². The van der Waals surface area contributed by atoms with E-state index in [4.69, 9.17) is 21.1 Å². The minimum Gasteiger partial charge on any atom is -0.496 e. The Labute approximate surface area is 111 Å². The number of benzene rings is 1. The third-order valence-electron chi connectivity index (χ3n) is 2.72. The first kappa shape index (κ1) is 12.8. The lowest BCUT2D eigenvalue weighted by atomic mass is 10.1. The highest BCUT2D eigenvalue weighted by Gasteiger charge is 2.14. The van der Waals surface area contributed by atoms with Gasteiger partial charge >= 0.3 is 0 Å². The minimum atomic E-state index is 0.597. The number of rotatable bonds is 3. The monoisotopic (exact) mass is 266 g/mol. The molecule has 2 aromatic rings. The van der Waals surface area contributed by atoms with Crippen molar-refractivity contribution in [3.8, 4) is 11.5 Å². The van der Waals surface area contributed by atoms with Crippen LogP contribution in [0.3, 0.4) is 0 Å². The van der Waals surface area contributed by atoms with E-state index in [1.807, 2.05) is 37.2 Å². The molecule has 0 unspecified atom stereocenters. The molecule has 0 aliphatic carbocycles. The number of nitrogens with zero attached hydrogens (tertiary/aromatic N) is 2. The van der Waals surface area contributed by atoms with E-state index in [-0.39, 0.29) is 0 Å². The van der Waals surface area contributed by atoms with Gasteiger partial charge in [-0.1, -0.05) is 11.6 Å². The van der Waals surface area contributed by atoms with Gasteiger partial charge in [0.1, 0.15) is 22.8 Å². The number of pyridine rings is 1. The van der Waals surface area contributed by atoms with Crippen molar-refractivity contribution >= 4 is 28.3 Å². The smallest absolute Gasteiger partial charge is 0.145 e. The van der Waals surface area contributed by atoms with Gasteiger partial charge in [-0.2, -0.15) is 0 Å². The predicted octanol–water partition coefficient (Wildman–Crippen LogP) is 2.97. The maximum Gasteiger partial charge on any atom is 0.145 e. The molecule has 0 saturated carbocycles. The van der Waals surface area contributed by atoms with Crippen LogP contribution in [0.4, 0.5) is 5.82 Å². The van der Waals surface area contributed by atoms with E-state index in [1.54, 1.807) is 14.2 Å². The fourth-order valence-corrected chi connectivity index (χ4v) is 2.07. The van der Waals surface area contributed by atoms with Gasteiger partial charge in [-0.25, -0.2) is 4.98 Å². The molecular formula is C13H15ClN2O2. The number of hydrogen-bond donors (Lipinski definition) is 0. The maximum absolute atomic E-state index is 6.32. The molecule has 0 saturated heterocycles. The van der Waals surface area contributed by atoms with Crippen LogP contribution in [0, 0.1) is 0 Å². The van der Waals surface area contributed by atoms with E-state index in [1.165, 1.54) is 0 Å². The lowest BCUT2D eigenvalue weighted by molar-refractivity contribution is 0.410. The van der Waals surface area contributed by atoms with E-state index in [0.29, 0.717) is 22.0 Å². The van der Waals surface area contributed by atoms with Crippen LogP contribution in [-0.4, -0.2) is 33.3 Å². The predicted molar refractivity (Wildman–Crippen MR) is 74.2 cm³/mol. The van der Waals surface area contributed by atoms with Crippen LogP contribution in [0.5, 0.6) is 11.5 Å². The summed E-state index contributed by atoms with van der Waals surface area (Å²) >= 11 is 6.32. The van der Waals surface area contributed by atoms with Gasteiger partial charge in [-0.3, -0.25) is 0 Å². The zero-order valence-electron chi connectivity index (χ0n) is 10.8. The Morgan fingerprint density at radius 3 is 2.28 bits per heavy atom. The van der Waals surface area contributed by atoms with Crippen LogP contribution < -0.4 is 14.4 Å². The molecule has 18 heavy (non-hydrogen) atoms. The molecule has 0 radical (unpaired) electrons. The number of methoxy groups -OCH3 is 2. The molecule has 5 heteroatoms. The Morgan fingerprint density at radius 2 is 1.72 bits per heavy atom. The average Bonchev–Trinajstić information content (AvgIpc) is 2.37. The van der Waals surface area contributed by atoms with Crippen molar-refractivity contribution in [3.05, 3.63) is 23.2 Å². The van der Waals surface area contributed by atoms with Crippen LogP contribution in [0.15, 0.2) is 18.2 Å². The molecule has 0 bridgehead atoms. The SMILES string of the molecule is COc1ccc(OC)c2c(Cl)cc(N(C)C)nc12. The van der Waals surface area contributed by atoms with E-state index in [9.17, 15) is 0 Å². The molecule has 1 aromatic heterocycles. The number of ether oxygens (including phenoxy) is 2. The summed E-state index contributed by atoms with van der Waals surface area (Å²) < 4.78 is 10.6. The summed E-state index contributed by atoms with van der Waals surface area (Å²) in [5, 5.41) is 1.36. The van der Waals surface area contributed by atoms with Crippen molar-refractivity contribution < 1.29 is 9.47 Å². The summed E-state index contributed by atoms with van der Waals surface area (Å²) in [6.07, 6.45) is 0. The molecule has 0 aliphatic heterocycles. The molecule has 0 aliphatic rings. The molecule has 0 amide bonds. The molecule has 96 valence electrons. The molecule has 4 nitrogen and oxygen atoms in total. The van der Waals surface area contributed by atoms with E-state index < -0.39 is 0 Å². The molecular weight excluding hydrogens is 252 g/mol. The van der Waals surface area contributed by atoms with Crippen molar-refractivity contribution in [2.24, 2.45) is 0 Å². The summed E-state index contributed by atoms with van der Waals surface area (Å²) in [4.78, 5) is 6.44. The van der Waals surface area contributed by atoms with Gasteiger partial charge in [0.2, 0.25) is 0 Å². The topological polar surface area (TPSA) is 34.6 Å². The molecule has 0 atom stereocenters. The number of hydrogen-bond acceptors (Lipinski definition) is 4. The number of halogens is 1. The van der Waals surface area contributed by atoms with Crippen LogP contribution in [-0.2, 0) is 0 Å². The van der Waals surface area contributed by atoms with Crippen molar-refractivity contribution in [3.63, 3.8) is 0 Å². The van der Waals surface area contributed by atoms with E-state index in [0.717, 1.165) is 11.2 Å². The normalized spacial score (nSPS) is 10.5. The quantitative estimate of drug-likeness (QED) is 0.855. The fourth-order valence-electron chi connectivity index (χ4n) is 1.79. The van der Waals surface area contributed by atoms with Crippen molar-refractivity contribution in [1.82, 2.24) is 4.98 Å².